The molecule has 2 rings (SSSR count). The summed E-state index contributed by atoms with van der Waals surface area (Å²) in [6.07, 6.45) is 0. The van der Waals surface area contributed by atoms with Gasteiger partial charge in [0, 0.05) is 0 Å². The van der Waals surface area contributed by atoms with Crippen molar-refractivity contribution in [3.8, 4) is 0 Å². The van der Waals surface area contributed by atoms with Gasteiger partial charge in [-0.15, -0.1) is 0 Å². The van der Waals surface area contributed by atoms with Crippen molar-refractivity contribution in [1.82, 2.24) is 0 Å². The standard InChI is InChI=1S/C13H17BBrFO2/c1-8-6-10(15)11(16)7-9(8)14-17-12(2,3)13(4,5)18-14/h6-7H,1-5H3. The maximum atomic E-state index is 13.6. The first-order chi connectivity index (χ1) is 8.14. The van der Waals surface area contributed by atoms with E-state index >= 15 is 0 Å². The fourth-order valence-electron chi connectivity index (χ4n) is 1.89. The first-order valence-corrected chi connectivity index (χ1v) is 6.74. The van der Waals surface area contributed by atoms with Crippen LogP contribution in [-0.2, 0) is 9.31 Å². The van der Waals surface area contributed by atoms with Crippen LogP contribution in [-0.4, -0.2) is 18.3 Å². The zero-order valence-electron chi connectivity index (χ0n) is 11.3. The largest absolute Gasteiger partial charge is 0.495 e. The Morgan fingerprint density at radius 2 is 1.61 bits per heavy atom. The number of rotatable bonds is 1. The SMILES string of the molecule is Cc1cc(Br)c(F)cc1B1OC(C)(C)C(C)(C)O1. The van der Waals surface area contributed by atoms with Gasteiger partial charge in [0.2, 0.25) is 0 Å². The van der Waals surface area contributed by atoms with Crippen LogP contribution in [0, 0.1) is 12.7 Å². The zero-order valence-corrected chi connectivity index (χ0v) is 12.9. The summed E-state index contributed by atoms with van der Waals surface area (Å²) in [5, 5.41) is 0. The van der Waals surface area contributed by atoms with Gasteiger partial charge in [0.05, 0.1) is 15.7 Å². The van der Waals surface area contributed by atoms with Crippen molar-refractivity contribution in [2.75, 3.05) is 0 Å². The number of halogens is 2. The highest BCUT2D eigenvalue weighted by atomic mass is 79.9. The molecular weight excluding hydrogens is 298 g/mol. The summed E-state index contributed by atoms with van der Waals surface area (Å²) >= 11 is 3.18. The maximum absolute atomic E-state index is 13.6. The smallest absolute Gasteiger partial charge is 0.399 e. The second-order valence-corrected chi connectivity index (χ2v) is 6.57. The summed E-state index contributed by atoms with van der Waals surface area (Å²) in [6.45, 7) is 9.86. The molecule has 1 aromatic carbocycles. The van der Waals surface area contributed by atoms with E-state index in [9.17, 15) is 4.39 Å². The molecule has 0 atom stereocenters. The number of hydrogen-bond donors (Lipinski definition) is 0. The van der Waals surface area contributed by atoms with Crippen LogP contribution in [0.15, 0.2) is 16.6 Å². The fourth-order valence-corrected chi connectivity index (χ4v) is 2.34. The summed E-state index contributed by atoms with van der Waals surface area (Å²) in [6, 6.07) is 3.22. The van der Waals surface area contributed by atoms with Gasteiger partial charge in [-0.3, -0.25) is 0 Å². The van der Waals surface area contributed by atoms with Crippen molar-refractivity contribution >= 4 is 28.5 Å². The molecule has 1 aliphatic heterocycles. The third-order valence-electron chi connectivity index (χ3n) is 3.82. The lowest BCUT2D eigenvalue weighted by Crippen LogP contribution is -2.41. The summed E-state index contributed by atoms with van der Waals surface area (Å²) in [5.41, 5.74) is 0.873. The predicted octanol–water partition coefficient (Wildman–Crippen LogP) is 3.20. The normalized spacial score (nSPS) is 21.4. The van der Waals surface area contributed by atoms with Gasteiger partial charge in [-0.05, 0) is 68.1 Å². The Bertz CT molecular complexity index is 472. The van der Waals surface area contributed by atoms with Gasteiger partial charge in [0.1, 0.15) is 5.82 Å². The van der Waals surface area contributed by atoms with Crippen LogP contribution in [0.5, 0.6) is 0 Å². The number of aryl methyl sites for hydroxylation is 1. The topological polar surface area (TPSA) is 18.5 Å². The lowest BCUT2D eigenvalue weighted by atomic mass is 9.76. The van der Waals surface area contributed by atoms with E-state index in [-0.39, 0.29) is 5.82 Å². The molecule has 18 heavy (non-hydrogen) atoms. The van der Waals surface area contributed by atoms with Crippen molar-refractivity contribution in [1.29, 1.82) is 0 Å². The second kappa shape index (κ2) is 4.32. The fraction of sp³-hybridized carbons (Fsp3) is 0.538. The van der Waals surface area contributed by atoms with Crippen LogP contribution in [0.3, 0.4) is 0 Å². The molecule has 2 nitrogen and oxygen atoms in total. The van der Waals surface area contributed by atoms with Crippen molar-refractivity contribution in [3.63, 3.8) is 0 Å². The molecule has 1 aliphatic rings. The minimum atomic E-state index is -0.516. The zero-order chi connectivity index (χ0) is 13.7. The Balaban J connectivity index is 2.38. The molecule has 0 spiro atoms. The lowest BCUT2D eigenvalue weighted by molar-refractivity contribution is 0.00578. The summed E-state index contributed by atoms with van der Waals surface area (Å²) in [5.74, 6) is -0.301. The molecule has 0 aliphatic carbocycles. The molecule has 1 fully saturated rings. The summed E-state index contributed by atoms with van der Waals surface area (Å²) in [4.78, 5) is 0. The van der Waals surface area contributed by atoms with Crippen LogP contribution < -0.4 is 5.46 Å². The van der Waals surface area contributed by atoms with Crippen LogP contribution in [0.2, 0.25) is 0 Å². The van der Waals surface area contributed by atoms with Crippen LogP contribution in [0.1, 0.15) is 33.3 Å². The summed E-state index contributed by atoms with van der Waals surface area (Å²) < 4.78 is 25.9. The van der Waals surface area contributed by atoms with E-state index in [0.29, 0.717) is 4.47 Å². The highest BCUT2D eigenvalue weighted by Crippen LogP contribution is 2.36. The van der Waals surface area contributed by atoms with Crippen molar-refractivity contribution < 1.29 is 13.7 Å². The minimum Gasteiger partial charge on any atom is -0.399 e. The van der Waals surface area contributed by atoms with Gasteiger partial charge < -0.3 is 9.31 Å². The van der Waals surface area contributed by atoms with E-state index in [1.807, 2.05) is 34.6 Å². The Morgan fingerprint density at radius 3 is 2.11 bits per heavy atom. The molecule has 0 radical (unpaired) electrons. The van der Waals surface area contributed by atoms with Gasteiger partial charge in [-0.25, -0.2) is 4.39 Å². The average molecular weight is 315 g/mol. The Morgan fingerprint density at radius 1 is 1.11 bits per heavy atom. The van der Waals surface area contributed by atoms with E-state index in [1.54, 1.807) is 6.07 Å². The van der Waals surface area contributed by atoms with Gasteiger partial charge in [-0.1, -0.05) is 5.56 Å². The molecule has 0 saturated carbocycles. The van der Waals surface area contributed by atoms with Crippen LogP contribution >= 0.6 is 15.9 Å². The van der Waals surface area contributed by atoms with Crippen LogP contribution in [0.4, 0.5) is 4.39 Å². The van der Waals surface area contributed by atoms with Gasteiger partial charge >= 0.3 is 7.12 Å². The molecule has 0 unspecified atom stereocenters. The van der Waals surface area contributed by atoms with E-state index in [1.165, 1.54) is 6.07 Å². The maximum Gasteiger partial charge on any atom is 0.495 e. The van der Waals surface area contributed by atoms with E-state index in [0.717, 1.165) is 11.0 Å². The third kappa shape index (κ3) is 2.24. The molecule has 0 amide bonds. The highest BCUT2D eigenvalue weighted by molar-refractivity contribution is 9.10. The Labute approximate surface area is 116 Å². The Kier molecular flexibility index (Phi) is 3.37. The molecule has 0 N–H and O–H groups in total. The quantitative estimate of drug-likeness (QED) is 0.741. The molecule has 1 heterocycles. The molecule has 0 bridgehead atoms. The van der Waals surface area contributed by atoms with Crippen LogP contribution in [0.25, 0.3) is 0 Å². The molecule has 1 aromatic rings. The summed E-state index contributed by atoms with van der Waals surface area (Å²) in [7, 11) is -0.516. The predicted molar refractivity (Wildman–Crippen MR) is 74.6 cm³/mol. The lowest BCUT2D eigenvalue weighted by Gasteiger charge is -2.32. The van der Waals surface area contributed by atoms with Crippen molar-refractivity contribution in [2.45, 2.75) is 45.8 Å². The average Bonchev–Trinajstić information content (AvgIpc) is 2.42. The first-order valence-electron chi connectivity index (χ1n) is 5.95. The molecule has 5 heteroatoms. The second-order valence-electron chi connectivity index (χ2n) is 5.71. The van der Waals surface area contributed by atoms with Gasteiger partial charge in [0.25, 0.3) is 0 Å². The number of hydrogen-bond acceptors (Lipinski definition) is 2. The van der Waals surface area contributed by atoms with Crippen molar-refractivity contribution in [2.24, 2.45) is 0 Å². The number of benzene rings is 1. The Hall–Kier alpha value is -0.385. The monoisotopic (exact) mass is 314 g/mol. The molecule has 0 aromatic heterocycles. The van der Waals surface area contributed by atoms with E-state index < -0.39 is 18.3 Å². The first kappa shape index (κ1) is 14.0. The molecule has 98 valence electrons. The van der Waals surface area contributed by atoms with E-state index in [2.05, 4.69) is 15.9 Å². The minimum absolute atomic E-state index is 0.301. The highest BCUT2D eigenvalue weighted by Gasteiger charge is 2.52. The van der Waals surface area contributed by atoms with E-state index in [4.69, 9.17) is 9.31 Å². The van der Waals surface area contributed by atoms with Gasteiger partial charge in [-0.2, -0.15) is 0 Å². The van der Waals surface area contributed by atoms with Gasteiger partial charge in [0.15, 0.2) is 0 Å². The third-order valence-corrected chi connectivity index (χ3v) is 4.42. The molecule has 1 saturated heterocycles. The molecular formula is C13H17BBrFO2. The van der Waals surface area contributed by atoms with Crippen molar-refractivity contribution in [3.05, 3.63) is 28.0 Å².